The molecule has 12 rings (SSSR count). The molecule has 10 aromatic rings. The molecule has 1 saturated carbocycles. The van der Waals surface area contributed by atoms with Gasteiger partial charge in [-0.3, -0.25) is 0 Å². The molecule has 0 unspecified atom stereocenters. The number of hydrogen-bond acceptors (Lipinski definition) is 1. The molecule has 10 aromatic carbocycles. The Kier molecular flexibility index (Phi) is 8.75. The lowest BCUT2D eigenvalue weighted by Gasteiger charge is -2.31. The van der Waals surface area contributed by atoms with Gasteiger partial charge in [0.05, 0.1) is 11.4 Å². The van der Waals surface area contributed by atoms with Crippen molar-refractivity contribution in [1.82, 2.24) is 0 Å². The summed E-state index contributed by atoms with van der Waals surface area (Å²) in [5.41, 5.74) is 19.0. The summed E-state index contributed by atoms with van der Waals surface area (Å²) in [5.74, 6) is 0. The summed E-state index contributed by atoms with van der Waals surface area (Å²) in [4.78, 5) is 2.56. The molecule has 2 aliphatic carbocycles. The molecule has 62 heavy (non-hydrogen) atoms. The van der Waals surface area contributed by atoms with Gasteiger partial charge in [0, 0.05) is 22.2 Å². The van der Waals surface area contributed by atoms with E-state index in [1.54, 1.807) is 0 Å². The first-order valence-corrected chi connectivity index (χ1v) is 22.1. The number of rotatable bonds is 7. The molecule has 0 atom stereocenters. The van der Waals surface area contributed by atoms with Crippen molar-refractivity contribution >= 4 is 38.6 Å². The molecular formula is C61H45N. The molecule has 0 bridgehead atoms. The Morgan fingerprint density at radius 3 is 1.60 bits per heavy atom. The minimum absolute atomic E-state index is 0.0574. The van der Waals surface area contributed by atoms with Crippen molar-refractivity contribution in [1.29, 1.82) is 0 Å². The third-order valence-corrected chi connectivity index (χ3v) is 13.8. The zero-order chi connectivity index (χ0) is 41.0. The van der Waals surface area contributed by atoms with E-state index in [1.807, 2.05) is 0 Å². The van der Waals surface area contributed by atoms with E-state index in [0.717, 1.165) is 11.4 Å². The Balaban J connectivity index is 1.08. The third kappa shape index (κ3) is 5.76. The van der Waals surface area contributed by atoms with Gasteiger partial charge in [-0.2, -0.15) is 0 Å². The fraction of sp³-hybridized carbons (Fsp3) is 0.0820. The average Bonchev–Trinajstić information content (AvgIpc) is 3.96. The Labute approximate surface area is 364 Å². The maximum atomic E-state index is 2.56. The van der Waals surface area contributed by atoms with Gasteiger partial charge in [0.1, 0.15) is 0 Å². The Morgan fingerprint density at radius 1 is 0.323 bits per heavy atom. The number of para-hydroxylation sites is 1. The van der Waals surface area contributed by atoms with Gasteiger partial charge in [0.25, 0.3) is 0 Å². The summed E-state index contributed by atoms with van der Waals surface area (Å²) in [6.07, 6.45) is 4.91. The molecule has 0 saturated heterocycles. The van der Waals surface area contributed by atoms with Crippen LogP contribution in [-0.2, 0) is 5.41 Å². The molecular weight excluding hydrogens is 747 g/mol. The van der Waals surface area contributed by atoms with Crippen molar-refractivity contribution in [2.45, 2.75) is 31.1 Å². The van der Waals surface area contributed by atoms with Crippen LogP contribution in [0.25, 0.3) is 77.2 Å². The van der Waals surface area contributed by atoms with Gasteiger partial charge in [-0.1, -0.05) is 207 Å². The van der Waals surface area contributed by atoms with E-state index in [-0.39, 0.29) is 5.41 Å². The topological polar surface area (TPSA) is 3.24 Å². The van der Waals surface area contributed by atoms with Gasteiger partial charge in [-0.05, 0) is 120 Å². The number of anilines is 3. The Hall–Kier alpha value is -7.48. The van der Waals surface area contributed by atoms with E-state index < -0.39 is 0 Å². The minimum atomic E-state index is 0.0574. The zero-order valence-corrected chi connectivity index (χ0v) is 34.6. The first kappa shape index (κ1) is 36.4. The van der Waals surface area contributed by atoms with Crippen LogP contribution >= 0.6 is 0 Å². The number of benzene rings is 10. The van der Waals surface area contributed by atoms with Crippen molar-refractivity contribution in [3.63, 3.8) is 0 Å². The molecule has 0 N–H and O–H groups in total. The van der Waals surface area contributed by atoms with Crippen LogP contribution in [0.5, 0.6) is 0 Å². The van der Waals surface area contributed by atoms with Gasteiger partial charge in [0.2, 0.25) is 0 Å². The normalized spacial score (nSPS) is 13.7. The summed E-state index contributed by atoms with van der Waals surface area (Å²) < 4.78 is 0. The smallest absolute Gasteiger partial charge is 0.0543 e. The highest BCUT2D eigenvalue weighted by molar-refractivity contribution is 6.14. The first-order valence-electron chi connectivity index (χ1n) is 22.1. The molecule has 0 amide bonds. The van der Waals surface area contributed by atoms with Gasteiger partial charge < -0.3 is 4.90 Å². The molecule has 1 nitrogen and oxygen atoms in total. The van der Waals surface area contributed by atoms with Gasteiger partial charge in [0.15, 0.2) is 0 Å². The van der Waals surface area contributed by atoms with E-state index in [1.165, 1.54) is 120 Å². The summed E-state index contributed by atoms with van der Waals surface area (Å²) in [6, 6.07) is 83.3. The van der Waals surface area contributed by atoms with Crippen LogP contribution in [0.1, 0.15) is 36.8 Å². The second-order valence-electron chi connectivity index (χ2n) is 17.1. The second-order valence-corrected chi connectivity index (χ2v) is 17.1. The van der Waals surface area contributed by atoms with E-state index in [9.17, 15) is 0 Å². The lowest BCUT2D eigenvalue weighted by Crippen LogP contribution is -2.20. The summed E-state index contributed by atoms with van der Waals surface area (Å²) in [7, 11) is 0. The summed E-state index contributed by atoms with van der Waals surface area (Å²) in [6.45, 7) is 0. The van der Waals surface area contributed by atoms with Crippen molar-refractivity contribution in [3.8, 4) is 55.6 Å². The van der Waals surface area contributed by atoms with Crippen molar-refractivity contribution in [3.05, 3.63) is 236 Å². The van der Waals surface area contributed by atoms with E-state index >= 15 is 0 Å². The molecule has 1 fully saturated rings. The largest absolute Gasteiger partial charge is 0.309 e. The number of nitrogens with zero attached hydrogens (tertiary/aromatic N) is 1. The Morgan fingerprint density at radius 2 is 0.839 bits per heavy atom. The van der Waals surface area contributed by atoms with Crippen LogP contribution in [0, 0.1) is 0 Å². The van der Waals surface area contributed by atoms with Crippen LogP contribution in [0.15, 0.2) is 224 Å². The van der Waals surface area contributed by atoms with Crippen LogP contribution in [0.2, 0.25) is 0 Å². The first-order chi connectivity index (χ1) is 30.8. The predicted octanol–water partition coefficient (Wildman–Crippen LogP) is 17.0. The third-order valence-electron chi connectivity index (χ3n) is 13.8. The van der Waals surface area contributed by atoms with Crippen molar-refractivity contribution < 1.29 is 0 Å². The lowest BCUT2D eigenvalue weighted by atomic mass is 9.77. The summed E-state index contributed by atoms with van der Waals surface area (Å²) in [5, 5.41) is 5.10. The lowest BCUT2D eigenvalue weighted by molar-refractivity contribution is 0.550. The monoisotopic (exact) mass is 791 g/mol. The van der Waals surface area contributed by atoms with Crippen LogP contribution < -0.4 is 4.90 Å². The predicted molar refractivity (Wildman–Crippen MR) is 263 cm³/mol. The fourth-order valence-electron chi connectivity index (χ4n) is 11.1. The van der Waals surface area contributed by atoms with Gasteiger partial charge in [-0.25, -0.2) is 0 Å². The second kappa shape index (κ2) is 14.9. The average molecular weight is 792 g/mol. The molecule has 1 heteroatoms. The molecule has 0 aromatic heterocycles. The molecule has 294 valence electrons. The van der Waals surface area contributed by atoms with E-state index in [4.69, 9.17) is 0 Å². The van der Waals surface area contributed by atoms with Gasteiger partial charge >= 0.3 is 0 Å². The van der Waals surface area contributed by atoms with Crippen LogP contribution in [0.3, 0.4) is 0 Å². The number of fused-ring (bicyclic) bond motifs is 8. The highest BCUT2D eigenvalue weighted by Gasteiger charge is 2.46. The van der Waals surface area contributed by atoms with Gasteiger partial charge in [-0.15, -0.1) is 0 Å². The quantitative estimate of drug-likeness (QED) is 0.145. The minimum Gasteiger partial charge on any atom is -0.309 e. The van der Waals surface area contributed by atoms with Crippen LogP contribution in [0.4, 0.5) is 17.1 Å². The zero-order valence-electron chi connectivity index (χ0n) is 34.6. The summed E-state index contributed by atoms with van der Waals surface area (Å²) >= 11 is 0. The maximum absolute atomic E-state index is 2.56. The van der Waals surface area contributed by atoms with Crippen LogP contribution in [-0.4, -0.2) is 0 Å². The standard InChI is InChI=1S/C61H45N/c1-2-19-42(20-3-1)46-22-6-7-24-48(46)50-26-9-10-27-51(50)53-29-13-15-33-58(53)62(59-34-18-32-57-60(59)54-30-12-14-31-56(54)61(57)39-16-17-40-61)45-37-35-43(36-38-45)55-41-44-21-4-5-23-47(44)49-25-8-11-28-52(49)55/h1-15,18-38,41H,16-17,39-40H2. The maximum Gasteiger partial charge on any atom is 0.0543 e. The molecule has 2 aliphatic rings. The SMILES string of the molecule is c1ccc(-c2ccccc2-c2ccccc2-c2ccccc2N(c2ccc(-c3cc4ccccc4c4ccccc34)cc2)c2cccc3c2-c2ccccc2C32CCCC2)cc1. The Bertz CT molecular complexity index is 3300. The van der Waals surface area contributed by atoms with E-state index in [2.05, 4.69) is 229 Å². The van der Waals surface area contributed by atoms with Crippen molar-refractivity contribution in [2.24, 2.45) is 0 Å². The fourth-order valence-corrected chi connectivity index (χ4v) is 11.1. The molecule has 0 heterocycles. The highest BCUT2D eigenvalue weighted by atomic mass is 15.1. The highest BCUT2D eigenvalue weighted by Crippen LogP contribution is 2.60. The number of hydrogen-bond donors (Lipinski definition) is 0. The van der Waals surface area contributed by atoms with E-state index in [0.29, 0.717) is 0 Å². The molecule has 1 spiro atoms. The molecule has 0 aliphatic heterocycles. The molecule has 0 radical (unpaired) electrons. The van der Waals surface area contributed by atoms with Crippen molar-refractivity contribution in [2.75, 3.05) is 4.90 Å².